The number of carbonyl (C=O) groups excluding carboxylic acids is 2. The number of benzene rings is 2. The van der Waals surface area contributed by atoms with E-state index in [1.54, 1.807) is 21.9 Å². The average Bonchev–Trinajstić information content (AvgIpc) is 2.85. The molecule has 9 heteroatoms. The summed E-state index contributed by atoms with van der Waals surface area (Å²) in [5.74, 6) is -0.334. The highest BCUT2D eigenvalue weighted by Gasteiger charge is 2.25. The molecule has 34 heavy (non-hydrogen) atoms. The molecule has 0 spiro atoms. The third-order valence-corrected chi connectivity index (χ3v) is 6.13. The molecule has 0 N–H and O–H groups in total. The predicted molar refractivity (Wildman–Crippen MR) is 129 cm³/mol. The Balaban J connectivity index is 1.36. The molecule has 176 valence electrons. The van der Waals surface area contributed by atoms with Gasteiger partial charge in [0.25, 0.3) is 5.56 Å². The Morgan fingerprint density at radius 3 is 2.03 bits per heavy atom. The molecule has 0 atom stereocenters. The zero-order valence-corrected chi connectivity index (χ0v) is 19.4. The first-order valence-electron chi connectivity index (χ1n) is 11.0. The lowest BCUT2D eigenvalue weighted by molar-refractivity contribution is -0.139. The molecule has 1 aliphatic heterocycles. The second kappa shape index (κ2) is 10.5. The molecule has 0 saturated carbocycles. The number of piperazine rings is 1. The van der Waals surface area contributed by atoms with Crippen molar-refractivity contribution in [2.24, 2.45) is 0 Å². The van der Waals surface area contributed by atoms with Crippen molar-refractivity contribution in [1.29, 1.82) is 0 Å². The van der Waals surface area contributed by atoms with Gasteiger partial charge in [0.2, 0.25) is 11.8 Å². The summed E-state index contributed by atoms with van der Waals surface area (Å²) in [6.07, 6.45) is 1.72. The first-order chi connectivity index (χ1) is 16.4. The van der Waals surface area contributed by atoms with Crippen LogP contribution >= 0.6 is 11.6 Å². The van der Waals surface area contributed by atoms with E-state index in [9.17, 15) is 19.2 Å². The van der Waals surface area contributed by atoms with E-state index in [2.05, 4.69) is 0 Å². The van der Waals surface area contributed by atoms with Gasteiger partial charge in [-0.05, 0) is 23.3 Å². The highest BCUT2D eigenvalue weighted by molar-refractivity contribution is 6.30. The van der Waals surface area contributed by atoms with Gasteiger partial charge >= 0.3 is 5.69 Å². The Bertz CT molecular complexity index is 1280. The van der Waals surface area contributed by atoms with Gasteiger partial charge in [0.15, 0.2) is 0 Å². The summed E-state index contributed by atoms with van der Waals surface area (Å²) in [6.45, 7) is 1.49. The molecule has 3 aromatic rings. The molecule has 2 amide bonds. The Labute approximate surface area is 201 Å². The molecule has 1 aliphatic rings. The van der Waals surface area contributed by atoms with Crippen LogP contribution in [0.2, 0.25) is 5.02 Å². The summed E-state index contributed by atoms with van der Waals surface area (Å²) in [6, 6.07) is 17.9. The third-order valence-electron chi connectivity index (χ3n) is 5.88. The Morgan fingerprint density at radius 1 is 0.765 bits per heavy atom. The highest BCUT2D eigenvalue weighted by atomic mass is 35.5. The van der Waals surface area contributed by atoms with E-state index in [1.165, 1.54) is 16.8 Å². The Hall–Kier alpha value is -3.65. The number of nitrogens with zero attached hydrogens (tertiary/aromatic N) is 4. The van der Waals surface area contributed by atoms with Crippen molar-refractivity contribution in [2.75, 3.05) is 26.2 Å². The summed E-state index contributed by atoms with van der Waals surface area (Å²) in [5, 5.41) is 0.618. The van der Waals surface area contributed by atoms with Crippen molar-refractivity contribution in [1.82, 2.24) is 18.9 Å². The van der Waals surface area contributed by atoms with Crippen molar-refractivity contribution in [3.8, 4) is 0 Å². The van der Waals surface area contributed by atoms with Gasteiger partial charge in [-0.25, -0.2) is 4.79 Å². The first-order valence-corrected chi connectivity index (χ1v) is 11.4. The second-order valence-corrected chi connectivity index (χ2v) is 8.64. The lowest BCUT2D eigenvalue weighted by Gasteiger charge is -2.35. The summed E-state index contributed by atoms with van der Waals surface area (Å²) < 4.78 is 2.38. The summed E-state index contributed by atoms with van der Waals surface area (Å²) in [4.78, 5) is 53.9. The largest absolute Gasteiger partial charge is 0.339 e. The van der Waals surface area contributed by atoms with Crippen molar-refractivity contribution in [3.63, 3.8) is 0 Å². The van der Waals surface area contributed by atoms with Gasteiger partial charge in [0.1, 0.15) is 6.54 Å². The van der Waals surface area contributed by atoms with Crippen LogP contribution in [-0.2, 0) is 29.1 Å². The molecule has 1 fully saturated rings. The molecule has 2 aromatic carbocycles. The molecule has 0 aliphatic carbocycles. The second-order valence-electron chi connectivity index (χ2n) is 8.20. The van der Waals surface area contributed by atoms with E-state index in [-0.39, 0.29) is 24.8 Å². The number of rotatable bonds is 6. The average molecular weight is 481 g/mol. The monoisotopic (exact) mass is 480 g/mol. The highest BCUT2D eigenvalue weighted by Crippen LogP contribution is 2.12. The van der Waals surface area contributed by atoms with E-state index in [0.29, 0.717) is 37.7 Å². The van der Waals surface area contributed by atoms with Crippen LogP contribution in [0.25, 0.3) is 0 Å². The van der Waals surface area contributed by atoms with Gasteiger partial charge < -0.3 is 9.80 Å². The van der Waals surface area contributed by atoms with Gasteiger partial charge in [0.05, 0.1) is 13.0 Å². The minimum atomic E-state index is -0.526. The van der Waals surface area contributed by atoms with Crippen molar-refractivity contribution < 1.29 is 9.59 Å². The first kappa shape index (κ1) is 23.5. The molecular weight excluding hydrogens is 456 g/mol. The van der Waals surface area contributed by atoms with Crippen LogP contribution in [0, 0.1) is 0 Å². The quantitative estimate of drug-likeness (QED) is 0.536. The molecule has 8 nitrogen and oxygen atoms in total. The van der Waals surface area contributed by atoms with E-state index >= 15 is 0 Å². The van der Waals surface area contributed by atoms with Crippen LogP contribution in [0.4, 0.5) is 0 Å². The normalized spacial score (nSPS) is 13.7. The molecule has 0 unspecified atom stereocenters. The molecule has 1 aromatic heterocycles. The fourth-order valence-corrected chi connectivity index (χ4v) is 4.06. The SMILES string of the molecule is O=C(Cc1ccc(Cl)cc1)N1CCN(C(=O)Cn2c(=O)ccn(Cc3ccccc3)c2=O)CC1. The number of aromatic nitrogens is 2. The van der Waals surface area contributed by atoms with Crippen molar-refractivity contribution >= 4 is 23.4 Å². The van der Waals surface area contributed by atoms with E-state index in [4.69, 9.17) is 11.6 Å². The number of carbonyl (C=O) groups is 2. The fourth-order valence-electron chi connectivity index (χ4n) is 3.93. The maximum atomic E-state index is 12.8. The van der Waals surface area contributed by atoms with Gasteiger partial charge in [-0.3, -0.25) is 23.5 Å². The topological polar surface area (TPSA) is 84.6 Å². The standard InChI is InChI=1S/C25H25ClN4O4/c26-21-8-6-19(7-9-21)16-23(32)27-12-14-28(15-13-27)24(33)18-30-22(31)10-11-29(25(30)34)17-20-4-2-1-3-5-20/h1-11H,12-18H2. The summed E-state index contributed by atoms with van der Waals surface area (Å²) in [7, 11) is 0. The zero-order chi connectivity index (χ0) is 24.1. The van der Waals surface area contributed by atoms with Crippen molar-refractivity contribution in [2.45, 2.75) is 19.5 Å². The molecule has 1 saturated heterocycles. The van der Waals surface area contributed by atoms with Gasteiger partial charge in [-0.1, -0.05) is 54.1 Å². The number of hydrogen-bond donors (Lipinski definition) is 0. The lowest BCUT2D eigenvalue weighted by Crippen LogP contribution is -2.53. The summed E-state index contributed by atoms with van der Waals surface area (Å²) >= 11 is 5.89. The summed E-state index contributed by atoms with van der Waals surface area (Å²) in [5.41, 5.74) is 0.754. The fraction of sp³-hybridized carbons (Fsp3) is 0.280. The Kier molecular flexibility index (Phi) is 7.27. The van der Waals surface area contributed by atoms with E-state index in [1.807, 2.05) is 42.5 Å². The van der Waals surface area contributed by atoms with Gasteiger partial charge in [0, 0.05) is 43.5 Å². The number of amides is 2. The van der Waals surface area contributed by atoms with Gasteiger partial charge in [-0.2, -0.15) is 0 Å². The van der Waals surface area contributed by atoms with Crippen LogP contribution in [0.5, 0.6) is 0 Å². The van der Waals surface area contributed by atoms with Gasteiger partial charge in [-0.15, -0.1) is 0 Å². The van der Waals surface area contributed by atoms with E-state index in [0.717, 1.165) is 15.7 Å². The van der Waals surface area contributed by atoms with Crippen LogP contribution in [0.15, 0.2) is 76.4 Å². The van der Waals surface area contributed by atoms with E-state index < -0.39 is 11.2 Å². The maximum absolute atomic E-state index is 12.8. The molecule has 0 radical (unpaired) electrons. The molecule has 4 rings (SSSR count). The minimum absolute atomic E-state index is 0.0162. The van der Waals surface area contributed by atoms with Crippen LogP contribution in [-0.4, -0.2) is 56.9 Å². The smallest absolute Gasteiger partial charge is 0.331 e. The molecule has 2 heterocycles. The molecule has 0 bridgehead atoms. The van der Waals surface area contributed by atoms with Crippen LogP contribution < -0.4 is 11.2 Å². The zero-order valence-electron chi connectivity index (χ0n) is 18.6. The van der Waals surface area contributed by atoms with Crippen molar-refractivity contribution in [3.05, 3.63) is 104 Å². The van der Waals surface area contributed by atoms with Crippen LogP contribution in [0.3, 0.4) is 0 Å². The minimum Gasteiger partial charge on any atom is -0.339 e. The predicted octanol–water partition coefficient (Wildman–Crippen LogP) is 1.63. The number of hydrogen-bond acceptors (Lipinski definition) is 4. The number of halogens is 1. The third kappa shape index (κ3) is 5.63. The Morgan fingerprint density at radius 2 is 1.38 bits per heavy atom. The molecular formula is C25H25ClN4O4. The maximum Gasteiger partial charge on any atom is 0.331 e. The lowest BCUT2D eigenvalue weighted by atomic mass is 10.1. The van der Waals surface area contributed by atoms with Crippen LogP contribution in [0.1, 0.15) is 11.1 Å².